The number of carbonyl (C=O) groups excluding carboxylic acids is 2. The minimum Gasteiger partial charge on any atom is -0.462 e. The van der Waals surface area contributed by atoms with Crippen molar-refractivity contribution in [3.05, 3.63) is 12.2 Å². The first-order valence-corrected chi connectivity index (χ1v) is 14.7. The zero-order valence-electron chi connectivity index (χ0n) is 21.9. The second kappa shape index (κ2) is 18.0. The highest BCUT2D eigenvalue weighted by molar-refractivity contribution is 7.46. The van der Waals surface area contributed by atoms with Gasteiger partial charge in [0, 0.05) is 25.7 Å². The molecule has 0 aromatic heterocycles. The summed E-state index contributed by atoms with van der Waals surface area (Å²) in [5.74, 6) is -1.51. The molecular weight excluding hydrogens is 507 g/mol. The third-order valence-electron chi connectivity index (χ3n) is 6.44. The molecule has 0 bridgehead atoms. The van der Waals surface area contributed by atoms with Gasteiger partial charge in [0.15, 0.2) is 6.10 Å². The molecule has 0 aliphatic heterocycles. The summed E-state index contributed by atoms with van der Waals surface area (Å²) in [6, 6.07) is 0. The summed E-state index contributed by atoms with van der Waals surface area (Å²) >= 11 is 0. The van der Waals surface area contributed by atoms with Crippen molar-refractivity contribution in [3.63, 3.8) is 0 Å². The molecule has 6 atom stereocenters. The van der Waals surface area contributed by atoms with Gasteiger partial charge in [0.1, 0.15) is 6.61 Å². The standard InChI is InChI=1S/C25H45O11P/c1-3-4-7-10-19(27)13-14-22-21(23(28)15-24(22)29)11-8-5-6-9-12-25(30)36-20(16-34-18(2)26)17-35-37(31,32)33/h13-14,19-24,27-29H,3-12,15-17H2,1-2H3,(H2,31,32,33)/b14-13+/t19-,20+,21+,22+,23-,24+/m0/s1. The van der Waals surface area contributed by atoms with E-state index in [2.05, 4.69) is 11.4 Å². The molecule has 1 rings (SSSR count). The molecule has 0 aromatic rings. The summed E-state index contributed by atoms with van der Waals surface area (Å²) in [6.45, 7) is 2.28. The van der Waals surface area contributed by atoms with Gasteiger partial charge in [0.25, 0.3) is 0 Å². The number of esters is 2. The fraction of sp³-hybridized carbons (Fsp3) is 0.840. The molecule has 11 nitrogen and oxygen atoms in total. The number of carbonyl (C=O) groups is 2. The summed E-state index contributed by atoms with van der Waals surface area (Å²) in [6.07, 6.45) is 8.43. The van der Waals surface area contributed by atoms with Crippen LogP contribution in [0.2, 0.25) is 0 Å². The van der Waals surface area contributed by atoms with Gasteiger partial charge in [0.2, 0.25) is 0 Å². The highest BCUT2D eigenvalue weighted by Gasteiger charge is 2.39. The molecule has 1 fully saturated rings. The van der Waals surface area contributed by atoms with Gasteiger partial charge in [-0.1, -0.05) is 57.6 Å². The van der Waals surface area contributed by atoms with Gasteiger partial charge >= 0.3 is 19.8 Å². The van der Waals surface area contributed by atoms with Crippen molar-refractivity contribution in [2.45, 2.75) is 109 Å². The van der Waals surface area contributed by atoms with Gasteiger partial charge in [-0.25, -0.2) is 4.57 Å². The van der Waals surface area contributed by atoms with Crippen molar-refractivity contribution in [1.29, 1.82) is 0 Å². The first-order valence-electron chi connectivity index (χ1n) is 13.2. The van der Waals surface area contributed by atoms with Crippen LogP contribution < -0.4 is 0 Å². The van der Waals surface area contributed by atoms with E-state index in [0.29, 0.717) is 25.7 Å². The number of aliphatic hydroxyl groups is 3. The topological polar surface area (TPSA) is 180 Å². The Morgan fingerprint density at radius 1 is 1.03 bits per heavy atom. The average molecular weight is 553 g/mol. The molecule has 0 amide bonds. The van der Waals surface area contributed by atoms with Crippen LogP contribution in [0.4, 0.5) is 0 Å². The number of hydrogen-bond donors (Lipinski definition) is 5. The quantitative estimate of drug-likeness (QED) is 0.0688. The Morgan fingerprint density at radius 3 is 2.38 bits per heavy atom. The molecule has 37 heavy (non-hydrogen) atoms. The van der Waals surface area contributed by atoms with Gasteiger partial charge in [0.05, 0.1) is 24.9 Å². The molecule has 5 N–H and O–H groups in total. The van der Waals surface area contributed by atoms with E-state index in [0.717, 1.165) is 45.4 Å². The average Bonchev–Trinajstić information content (AvgIpc) is 3.07. The Bertz CT molecular complexity index is 738. The molecule has 216 valence electrons. The molecule has 0 saturated heterocycles. The number of phosphoric acid groups is 1. The van der Waals surface area contributed by atoms with Crippen molar-refractivity contribution in [2.24, 2.45) is 11.8 Å². The van der Waals surface area contributed by atoms with Crippen LogP contribution in [0.1, 0.15) is 84.5 Å². The van der Waals surface area contributed by atoms with Crippen LogP contribution in [-0.2, 0) is 28.2 Å². The van der Waals surface area contributed by atoms with Crippen LogP contribution in [0.5, 0.6) is 0 Å². The van der Waals surface area contributed by atoms with E-state index in [1.807, 2.05) is 6.08 Å². The Morgan fingerprint density at radius 2 is 1.73 bits per heavy atom. The molecule has 12 heteroatoms. The number of hydrogen-bond acceptors (Lipinski definition) is 9. The van der Waals surface area contributed by atoms with E-state index in [-0.39, 0.29) is 24.9 Å². The van der Waals surface area contributed by atoms with Gasteiger partial charge < -0.3 is 34.6 Å². The van der Waals surface area contributed by atoms with Crippen molar-refractivity contribution in [2.75, 3.05) is 13.2 Å². The van der Waals surface area contributed by atoms with E-state index in [1.54, 1.807) is 6.08 Å². The van der Waals surface area contributed by atoms with Crippen molar-refractivity contribution < 1.29 is 53.3 Å². The van der Waals surface area contributed by atoms with E-state index in [1.165, 1.54) is 0 Å². The summed E-state index contributed by atoms with van der Waals surface area (Å²) in [5, 5.41) is 30.9. The lowest BCUT2D eigenvalue weighted by Crippen LogP contribution is -2.29. The summed E-state index contributed by atoms with van der Waals surface area (Å²) < 4.78 is 25.1. The molecule has 0 heterocycles. The number of rotatable bonds is 19. The maximum Gasteiger partial charge on any atom is 0.469 e. The van der Waals surface area contributed by atoms with E-state index in [9.17, 15) is 29.5 Å². The Labute approximate surface area is 219 Å². The predicted molar refractivity (Wildman–Crippen MR) is 135 cm³/mol. The van der Waals surface area contributed by atoms with Gasteiger partial charge in [-0.05, 0) is 25.2 Å². The number of ether oxygens (including phenoxy) is 2. The zero-order valence-corrected chi connectivity index (χ0v) is 22.8. The Hall–Kier alpha value is -1.33. The predicted octanol–water partition coefficient (Wildman–Crippen LogP) is 2.77. The summed E-state index contributed by atoms with van der Waals surface area (Å²) in [4.78, 5) is 40.7. The molecule has 0 unspecified atom stereocenters. The van der Waals surface area contributed by atoms with Crippen molar-refractivity contribution in [3.8, 4) is 0 Å². The van der Waals surface area contributed by atoms with Crippen LogP contribution in [-0.4, -0.2) is 74.7 Å². The maximum absolute atomic E-state index is 12.1. The highest BCUT2D eigenvalue weighted by Crippen LogP contribution is 2.37. The van der Waals surface area contributed by atoms with Crippen LogP contribution in [0, 0.1) is 11.8 Å². The van der Waals surface area contributed by atoms with Gasteiger partial charge in [-0.15, -0.1) is 0 Å². The first-order chi connectivity index (χ1) is 17.4. The lowest BCUT2D eigenvalue weighted by atomic mass is 9.88. The van der Waals surface area contributed by atoms with Crippen LogP contribution >= 0.6 is 7.82 Å². The molecule has 0 radical (unpaired) electrons. The van der Waals surface area contributed by atoms with Gasteiger partial charge in [-0.2, -0.15) is 0 Å². The summed E-state index contributed by atoms with van der Waals surface area (Å²) in [7, 11) is -4.76. The molecule has 1 saturated carbocycles. The zero-order chi connectivity index (χ0) is 27.8. The van der Waals surface area contributed by atoms with E-state index in [4.69, 9.17) is 19.3 Å². The lowest BCUT2D eigenvalue weighted by Gasteiger charge is -2.21. The minimum absolute atomic E-state index is 0.0819. The van der Waals surface area contributed by atoms with E-state index >= 15 is 0 Å². The molecular formula is C25H45O11P. The number of aliphatic hydroxyl groups excluding tert-OH is 3. The number of unbranched alkanes of at least 4 members (excludes halogenated alkanes) is 5. The maximum atomic E-state index is 12.1. The van der Waals surface area contributed by atoms with Crippen LogP contribution in [0.3, 0.4) is 0 Å². The smallest absolute Gasteiger partial charge is 0.462 e. The SMILES string of the molecule is CCCCC[C@H](O)/C=C/[C@@H]1[C@@H](CCCCCCC(=O)O[C@H](COC(C)=O)COP(=O)(O)O)[C@@H](O)C[C@H]1O. The monoisotopic (exact) mass is 552 g/mol. The van der Waals surface area contributed by atoms with Crippen molar-refractivity contribution in [1.82, 2.24) is 0 Å². The Kier molecular flexibility index (Phi) is 16.4. The molecule has 0 spiro atoms. The second-order valence-corrected chi connectivity index (χ2v) is 11.0. The number of phosphoric ester groups is 1. The first kappa shape index (κ1) is 33.7. The third kappa shape index (κ3) is 15.6. The summed E-state index contributed by atoms with van der Waals surface area (Å²) in [5.41, 5.74) is 0. The second-order valence-electron chi connectivity index (χ2n) is 9.71. The van der Waals surface area contributed by atoms with Gasteiger partial charge in [-0.3, -0.25) is 14.1 Å². The lowest BCUT2D eigenvalue weighted by molar-refractivity contribution is -0.160. The molecule has 0 aromatic carbocycles. The molecule has 1 aliphatic rings. The normalized spacial score (nSPS) is 23.8. The minimum atomic E-state index is -4.76. The van der Waals surface area contributed by atoms with Crippen molar-refractivity contribution >= 4 is 19.8 Å². The largest absolute Gasteiger partial charge is 0.469 e. The van der Waals surface area contributed by atoms with E-state index < -0.39 is 50.8 Å². The van der Waals surface area contributed by atoms with Crippen LogP contribution in [0.15, 0.2) is 12.2 Å². The van der Waals surface area contributed by atoms with Crippen LogP contribution in [0.25, 0.3) is 0 Å². The fourth-order valence-electron chi connectivity index (χ4n) is 4.49. The third-order valence-corrected chi connectivity index (χ3v) is 6.93. The molecule has 1 aliphatic carbocycles. The highest BCUT2D eigenvalue weighted by atomic mass is 31.2. The fourth-order valence-corrected chi connectivity index (χ4v) is 4.85. The Balaban J connectivity index is 2.37.